The maximum absolute atomic E-state index is 2.40. The van der Waals surface area contributed by atoms with Gasteiger partial charge in [-0.1, -0.05) is 52.4 Å². The second-order valence-electron chi connectivity index (χ2n) is 5.61. The Morgan fingerprint density at radius 2 is 1.21 bits per heavy atom. The van der Waals surface area contributed by atoms with Crippen LogP contribution in [0, 0.1) is 23.7 Å². The Bertz CT molecular complexity index is 149. The molecule has 0 bridgehead atoms. The fourth-order valence-corrected chi connectivity index (χ4v) is 4.07. The second kappa shape index (κ2) is 4.68. The SMILES string of the molecule is CCC1CC2CCCCC2CC1CC. The van der Waals surface area contributed by atoms with Crippen LogP contribution in [0.25, 0.3) is 0 Å². The molecule has 0 amide bonds. The van der Waals surface area contributed by atoms with Gasteiger partial charge in [-0.15, -0.1) is 0 Å². The van der Waals surface area contributed by atoms with Gasteiger partial charge in [0, 0.05) is 0 Å². The third kappa shape index (κ3) is 1.99. The van der Waals surface area contributed by atoms with Gasteiger partial charge in [0.25, 0.3) is 0 Å². The zero-order chi connectivity index (χ0) is 9.97. The first-order valence-electron chi connectivity index (χ1n) is 6.85. The first-order chi connectivity index (χ1) is 6.85. The molecular formula is C14H26. The Hall–Kier alpha value is 0. The lowest BCUT2D eigenvalue weighted by Crippen LogP contribution is -2.33. The zero-order valence-electron chi connectivity index (χ0n) is 9.97. The Labute approximate surface area is 89.5 Å². The highest BCUT2D eigenvalue weighted by Gasteiger charge is 2.36. The summed E-state index contributed by atoms with van der Waals surface area (Å²) in [5.74, 6) is 4.38. The standard InChI is InChI=1S/C14H26/c1-3-11-9-13-7-5-6-8-14(13)10-12(11)4-2/h11-14H,3-10H2,1-2H3. The molecule has 0 nitrogen and oxygen atoms in total. The van der Waals surface area contributed by atoms with Crippen molar-refractivity contribution in [1.29, 1.82) is 0 Å². The summed E-state index contributed by atoms with van der Waals surface area (Å²) in [7, 11) is 0. The molecule has 2 aliphatic rings. The Balaban J connectivity index is 1.98. The predicted molar refractivity (Wildman–Crippen MR) is 62.2 cm³/mol. The summed E-state index contributed by atoms with van der Waals surface area (Å²) in [6, 6.07) is 0. The van der Waals surface area contributed by atoms with Crippen molar-refractivity contribution >= 4 is 0 Å². The van der Waals surface area contributed by atoms with Crippen molar-refractivity contribution in [2.45, 2.75) is 65.2 Å². The maximum atomic E-state index is 2.40. The number of hydrogen-bond donors (Lipinski definition) is 0. The van der Waals surface area contributed by atoms with Crippen LogP contribution in [0.5, 0.6) is 0 Å². The first-order valence-corrected chi connectivity index (χ1v) is 6.85. The molecule has 0 aliphatic heterocycles. The molecule has 0 radical (unpaired) electrons. The van der Waals surface area contributed by atoms with E-state index in [4.69, 9.17) is 0 Å². The Morgan fingerprint density at radius 3 is 1.57 bits per heavy atom. The van der Waals surface area contributed by atoms with Gasteiger partial charge in [-0.2, -0.15) is 0 Å². The number of fused-ring (bicyclic) bond motifs is 1. The normalized spacial score (nSPS) is 43.3. The third-order valence-corrected chi connectivity index (χ3v) is 4.99. The highest BCUT2D eigenvalue weighted by atomic mass is 14.4. The summed E-state index contributed by atoms with van der Waals surface area (Å²) in [5, 5.41) is 0. The van der Waals surface area contributed by atoms with Gasteiger partial charge in [0.05, 0.1) is 0 Å². The van der Waals surface area contributed by atoms with Gasteiger partial charge < -0.3 is 0 Å². The highest BCUT2D eigenvalue weighted by Crippen LogP contribution is 2.47. The minimum atomic E-state index is 1.07. The van der Waals surface area contributed by atoms with Crippen LogP contribution in [0.3, 0.4) is 0 Å². The molecule has 0 heteroatoms. The van der Waals surface area contributed by atoms with Gasteiger partial charge in [0.2, 0.25) is 0 Å². The van der Waals surface area contributed by atoms with Crippen molar-refractivity contribution in [3.05, 3.63) is 0 Å². The van der Waals surface area contributed by atoms with E-state index in [1.54, 1.807) is 25.7 Å². The van der Waals surface area contributed by atoms with Crippen LogP contribution in [0.4, 0.5) is 0 Å². The zero-order valence-corrected chi connectivity index (χ0v) is 9.97. The smallest absolute Gasteiger partial charge is 0.0383 e. The lowest BCUT2D eigenvalue weighted by Gasteiger charge is -2.43. The van der Waals surface area contributed by atoms with Crippen LogP contribution in [-0.4, -0.2) is 0 Å². The summed E-state index contributed by atoms with van der Waals surface area (Å²) in [4.78, 5) is 0. The molecule has 0 N–H and O–H groups in total. The molecule has 0 saturated heterocycles. The van der Waals surface area contributed by atoms with E-state index in [0.29, 0.717) is 0 Å². The topological polar surface area (TPSA) is 0 Å². The minimum Gasteiger partial charge on any atom is -0.0651 e. The van der Waals surface area contributed by atoms with Gasteiger partial charge in [0.15, 0.2) is 0 Å². The molecule has 2 aliphatic carbocycles. The van der Waals surface area contributed by atoms with Crippen molar-refractivity contribution < 1.29 is 0 Å². The fourth-order valence-electron chi connectivity index (χ4n) is 4.07. The quantitative estimate of drug-likeness (QED) is 0.601. The first kappa shape index (κ1) is 10.5. The molecular weight excluding hydrogens is 168 g/mol. The van der Waals surface area contributed by atoms with Crippen molar-refractivity contribution in [2.24, 2.45) is 23.7 Å². The van der Waals surface area contributed by atoms with Crippen LogP contribution in [0.15, 0.2) is 0 Å². The van der Waals surface area contributed by atoms with E-state index in [9.17, 15) is 0 Å². The number of rotatable bonds is 2. The molecule has 0 heterocycles. The summed E-state index contributed by atoms with van der Waals surface area (Å²) >= 11 is 0. The third-order valence-electron chi connectivity index (χ3n) is 4.99. The van der Waals surface area contributed by atoms with Crippen molar-refractivity contribution in [3.8, 4) is 0 Å². The van der Waals surface area contributed by atoms with Gasteiger partial charge in [-0.05, 0) is 36.5 Å². The molecule has 0 spiro atoms. The van der Waals surface area contributed by atoms with Crippen LogP contribution in [0.1, 0.15) is 65.2 Å². The van der Waals surface area contributed by atoms with Crippen LogP contribution in [0.2, 0.25) is 0 Å². The molecule has 82 valence electrons. The average molecular weight is 194 g/mol. The van der Waals surface area contributed by atoms with E-state index in [1.807, 2.05) is 0 Å². The molecule has 4 unspecified atom stereocenters. The lowest BCUT2D eigenvalue weighted by atomic mass is 9.62. The highest BCUT2D eigenvalue weighted by molar-refractivity contribution is 4.86. The summed E-state index contributed by atoms with van der Waals surface area (Å²) in [6.45, 7) is 4.80. The van der Waals surface area contributed by atoms with E-state index in [1.165, 1.54) is 25.7 Å². The predicted octanol–water partition coefficient (Wildman–Crippen LogP) is 4.64. The van der Waals surface area contributed by atoms with Gasteiger partial charge >= 0.3 is 0 Å². The van der Waals surface area contributed by atoms with E-state index >= 15 is 0 Å². The number of hydrogen-bond acceptors (Lipinski definition) is 0. The van der Waals surface area contributed by atoms with E-state index in [2.05, 4.69) is 13.8 Å². The van der Waals surface area contributed by atoms with Gasteiger partial charge in [-0.3, -0.25) is 0 Å². The monoisotopic (exact) mass is 194 g/mol. The lowest BCUT2D eigenvalue weighted by molar-refractivity contribution is 0.0734. The molecule has 2 fully saturated rings. The summed E-state index contributed by atoms with van der Waals surface area (Å²) in [5.41, 5.74) is 0. The molecule has 0 aromatic heterocycles. The van der Waals surface area contributed by atoms with E-state index in [0.717, 1.165) is 23.7 Å². The van der Waals surface area contributed by atoms with Crippen molar-refractivity contribution in [3.63, 3.8) is 0 Å². The van der Waals surface area contributed by atoms with E-state index in [-0.39, 0.29) is 0 Å². The van der Waals surface area contributed by atoms with Crippen molar-refractivity contribution in [1.82, 2.24) is 0 Å². The molecule has 4 atom stereocenters. The largest absolute Gasteiger partial charge is 0.0651 e. The fraction of sp³-hybridized carbons (Fsp3) is 1.00. The molecule has 2 rings (SSSR count). The van der Waals surface area contributed by atoms with Crippen molar-refractivity contribution in [2.75, 3.05) is 0 Å². The van der Waals surface area contributed by atoms with E-state index < -0.39 is 0 Å². The molecule has 2 saturated carbocycles. The van der Waals surface area contributed by atoms with Gasteiger partial charge in [0.1, 0.15) is 0 Å². The second-order valence-corrected chi connectivity index (χ2v) is 5.61. The Kier molecular flexibility index (Phi) is 3.52. The molecule has 14 heavy (non-hydrogen) atoms. The molecule has 0 aromatic carbocycles. The maximum Gasteiger partial charge on any atom is -0.0383 e. The van der Waals surface area contributed by atoms with Crippen LogP contribution >= 0.6 is 0 Å². The van der Waals surface area contributed by atoms with Gasteiger partial charge in [-0.25, -0.2) is 0 Å². The minimum absolute atomic E-state index is 1.07. The Morgan fingerprint density at radius 1 is 0.786 bits per heavy atom. The molecule has 0 aromatic rings. The van der Waals surface area contributed by atoms with Crippen LogP contribution in [-0.2, 0) is 0 Å². The average Bonchev–Trinajstić information content (AvgIpc) is 2.27. The summed E-state index contributed by atoms with van der Waals surface area (Å²) < 4.78 is 0. The van der Waals surface area contributed by atoms with Crippen LogP contribution < -0.4 is 0 Å². The summed E-state index contributed by atoms with van der Waals surface area (Å²) in [6.07, 6.45) is 12.2.